The molecule has 1 heterocycles. The molecule has 2 aromatic rings. The SMILES string of the molecule is Cc1ccc(C(=O)OCC(=O)Nc2cc(S(=O)(=O)N3CCOCC3)ccc2C)c(O)c1. The summed E-state index contributed by atoms with van der Waals surface area (Å²) >= 11 is 0. The van der Waals surface area contributed by atoms with Crippen LogP contribution in [0.4, 0.5) is 5.69 Å². The number of aryl methyl sites for hydroxylation is 2. The Morgan fingerprint density at radius 3 is 2.52 bits per heavy atom. The molecule has 2 aromatic carbocycles. The van der Waals surface area contributed by atoms with Gasteiger partial charge in [-0.05, 0) is 49.2 Å². The van der Waals surface area contributed by atoms with Crippen molar-refractivity contribution in [3.8, 4) is 5.75 Å². The molecule has 0 aromatic heterocycles. The van der Waals surface area contributed by atoms with Gasteiger partial charge in [-0.1, -0.05) is 12.1 Å². The van der Waals surface area contributed by atoms with E-state index in [1.807, 2.05) is 0 Å². The number of aromatic hydroxyl groups is 1. The number of ether oxygens (including phenoxy) is 2. The van der Waals surface area contributed by atoms with E-state index in [4.69, 9.17) is 9.47 Å². The normalized spacial score (nSPS) is 14.8. The van der Waals surface area contributed by atoms with E-state index in [1.54, 1.807) is 26.0 Å². The molecule has 1 amide bonds. The van der Waals surface area contributed by atoms with Gasteiger partial charge in [-0.2, -0.15) is 4.31 Å². The van der Waals surface area contributed by atoms with E-state index in [0.29, 0.717) is 24.5 Å². The number of amides is 1. The van der Waals surface area contributed by atoms with Gasteiger partial charge in [-0.15, -0.1) is 0 Å². The third kappa shape index (κ3) is 5.40. The number of morpholine rings is 1. The summed E-state index contributed by atoms with van der Waals surface area (Å²) in [6.07, 6.45) is 0. The molecule has 31 heavy (non-hydrogen) atoms. The Morgan fingerprint density at radius 2 is 1.84 bits per heavy atom. The smallest absolute Gasteiger partial charge is 0.342 e. The van der Waals surface area contributed by atoms with E-state index in [0.717, 1.165) is 5.56 Å². The summed E-state index contributed by atoms with van der Waals surface area (Å²) in [6.45, 7) is 4.08. The molecule has 0 atom stereocenters. The molecule has 166 valence electrons. The van der Waals surface area contributed by atoms with Crippen LogP contribution in [-0.4, -0.2) is 62.6 Å². The van der Waals surface area contributed by atoms with Gasteiger partial charge >= 0.3 is 5.97 Å². The summed E-state index contributed by atoms with van der Waals surface area (Å²) in [7, 11) is -3.72. The third-order valence-corrected chi connectivity index (χ3v) is 6.69. The number of nitrogens with one attached hydrogen (secondary N) is 1. The van der Waals surface area contributed by atoms with Crippen molar-refractivity contribution in [1.29, 1.82) is 0 Å². The van der Waals surface area contributed by atoms with Crippen LogP contribution >= 0.6 is 0 Å². The molecule has 0 aliphatic carbocycles. The summed E-state index contributed by atoms with van der Waals surface area (Å²) in [4.78, 5) is 24.4. The zero-order valence-corrected chi connectivity index (χ0v) is 18.1. The van der Waals surface area contributed by atoms with Gasteiger partial charge in [0.2, 0.25) is 10.0 Å². The van der Waals surface area contributed by atoms with Crippen molar-refractivity contribution < 1.29 is 32.6 Å². The van der Waals surface area contributed by atoms with Crippen molar-refractivity contribution in [2.24, 2.45) is 0 Å². The Labute approximate surface area is 180 Å². The molecule has 0 spiro atoms. The van der Waals surface area contributed by atoms with Crippen LogP contribution < -0.4 is 5.32 Å². The number of carbonyl (C=O) groups is 2. The Hall–Kier alpha value is -2.95. The van der Waals surface area contributed by atoms with Gasteiger partial charge in [0.25, 0.3) is 5.91 Å². The van der Waals surface area contributed by atoms with Crippen LogP contribution in [-0.2, 0) is 24.3 Å². The molecule has 0 radical (unpaired) electrons. The van der Waals surface area contributed by atoms with Crippen LogP contribution in [0.2, 0.25) is 0 Å². The predicted molar refractivity (Wildman–Crippen MR) is 113 cm³/mol. The van der Waals surface area contributed by atoms with Crippen LogP contribution in [0.3, 0.4) is 0 Å². The first kappa shape index (κ1) is 22.7. The topological polar surface area (TPSA) is 122 Å². The van der Waals surface area contributed by atoms with Gasteiger partial charge in [0, 0.05) is 18.8 Å². The molecule has 3 rings (SSSR count). The number of nitrogens with zero attached hydrogens (tertiary/aromatic N) is 1. The second kappa shape index (κ2) is 9.46. The van der Waals surface area contributed by atoms with Crippen molar-refractivity contribution >= 4 is 27.6 Å². The van der Waals surface area contributed by atoms with E-state index >= 15 is 0 Å². The average molecular weight is 448 g/mol. The van der Waals surface area contributed by atoms with E-state index < -0.39 is 28.5 Å². The first-order valence-electron chi connectivity index (χ1n) is 9.63. The average Bonchev–Trinajstić information content (AvgIpc) is 2.74. The van der Waals surface area contributed by atoms with Gasteiger partial charge in [-0.3, -0.25) is 4.79 Å². The van der Waals surface area contributed by atoms with Crippen molar-refractivity contribution in [3.63, 3.8) is 0 Å². The molecular weight excluding hydrogens is 424 g/mol. The number of benzene rings is 2. The number of anilines is 1. The summed E-state index contributed by atoms with van der Waals surface area (Å²) in [5, 5.41) is 12.4. The van der Waals surface area contributed by atoms with Gasteiger partial charge in [0.05, 0.1) is 18.1 Å². The van der Waals surface area contributed by atoms with Crippen molar-refractivity contribution in [3.05, 3.63) is 53.1 Å². The van der Waals surface area contributed by atoms with Gasteiger partial charge in [-0.25, -0.2) is 13.2 Å². The highest BCUT2D eigenvalue weighted by Crippen LogP contribution is 2.24. The van der Waals surface area contributed by atoms with Crippen molar-refractivity contribution in [1.82, 2.24) is 4.31 Å². The van der Waals surface area contributed by atoms with E-state index in [1.165, 1.54) is 28.6 Å². The minimum atomic E-state index is -3.72. The fourth-order valence-electron chi connectivity index (χ4n) is 3.04. The number of carbonyl (C=O) groups excluding carboxylic acids is 2. The van der Waals surface area contributed by atoms with Crippen LogP contribution in [0, 0.1) is 13.8 Å². The van der Waals surface area contributed by atoms with Crippen LogP contribution in [0.1, 0.15) is 21.5 Å². The van der Waals surface area contributed by atoms with Crippen LogP contribution in [0.5, 0.6) is 5.75 Å². The number of sulfonamides is 1. The fraction of sp³-hybridized carbons (Fsp3) is 0.333. The molecule has 1 aliphatic rings. The molecule has 9 nitrogen and oxygen atoms in total. The monoisotopic (exact) mass is 448 g/mol. The van der Waals surface area contributed by atoms with Crippen LogP contribution in [0.25, 0.3) is 0 Å². The van der Waals surface area contributed by atoms with Gasteiger partial charge < -0.3 is 19.9 Å². The lowest BCUT2D eigenvalue weighted by atomic mass is 10.1. The van der Waals surface area contributed by atoms with Crippen molar-refractivity contribution in [2.75, 3.05) is 38.2 Å². The summed E-state index contributed by atoms with van der Waals surface area (Å²) in [5.74, 6) is -1.71. The van der Waals surface area contributed by atoms with E-state index in [2.05, 4.69) is 5.32 Å². The number of esters is 1. The molecule has 10 heteroatoms. The number of phenolic OH excluding ortho intramolecular Hbond substituents is 1. The molecule has 2 N–H and O–H groups in total. The predicted octanol–water partition coefficient (Wildman–Crippen LogP) is 1.83. The van der Waals surface area contributed by atoms with E-state index in [9.17, 15) is 23.1 Å². The maximum atomic E-state index is 12.8. The molecule has 1 fully saturated rings. The molecule has 0 unspecified atom stereocenters. The first-order chi connectivity index (χ1) is 14.7. The second-order valence-corrected chi connectivity index (χ2v) is 9.08. The minimum Gasteiger partial charge on any atom is -0.507 e. The number of hydrogen-bond donors (Lipinski definition) is 2. The maximum absolute atomic E-state index is 12.8. The largest absolute Gasteiger partial charge is 0.507 e. The Bertz CT molecular complexity index is 1090. The lowest BCUT2D eigenvalue weighted by molar-refractivity contribution is -0.119. The van der Waals surface area contributed by atoms with Crippen LogP contribution in [0.15, 0.2) is 41.3 Å². The molecule has 1 saturated heterocycles. The lowest BCUT2D eigenvalue weighted by Crippen LogP contribution is -2.40. The maximum Gasteiger partial charge on any atom is 0.342 e. The lowest BCUT2D eigenvalue weighted by Gasteiger charge is -2.26. The number of hydrogen-bond acceptors (Lipinski definition) is 7. The zero-order chi connectivity index (χ0) is 22.6. The minimum absolute atomic E-state index is 0.0480. The van der Waals surface area contributed by atoms with Gasteiger partial charge in [0.15, 0.2) is 6.61 Å². The fourth-order valence-corrected chi connectivity index (χ4v) is 4.48. The molecule has 0 saturated carbocycles. The molecule has 0 bridgehead atoms. The quantitative estimate of drug-likeness (QED) is 0.647. The highest BCUT2D eigenvalue weighted by Gasteiger charge is 2.27. The second-order valence-electron chi connectivity index (χ2n) is 7.14. The van der Waals surface area contributed by atoms with E-state index in [-0.39, 0.29) is 29.3 Å². The Morgan fingerprint density at radius 1 is 1.13 bits per heavy atom. The summed E-state index contributed by atoms with van der Waals surface area (Å²) in [5.41, 5.74) is 1.67. The Balaban J connectivity index is 1.67. The third-order valence-electron chi connectivity index (χ3n) is 4.80. The first-order valence-corrected chi connectivity index (χ1v) is 11.1. The molecular formula is C21H24N2O7S. The summed E-state index contributed by atoms with van der Waals surface area (Å²) < 4.78 is 37.2. The Kier molecular flexibility index (Phi) is 6.94. The summed E-state index contributed by atoms with van der Waals surface area (Å²) in [6, 6.07) is 8.93. The van der Waals surface area contributed by atoms with Gasteiger partial charge in [0.1, 0.15) is 11.3 Å². The molecule has 1 aliphatic heterocycles. The highest BCUT2D eigenvalue weighted by atomic mass is 32.2. The number of rotatable bonds is 6. The highest BCUT2D eigenvalue weighted by molar-refractivity contribution is 7.89. The zero-order valence-electron chi connectivity index (χ0n) is 17.3. The van der Waals surface area contributed by atoms with Crippen molar-refractivity contribution in [2.45, 2.75) is 18.7 Å². The number of phenols is 1. The standard InChI is InChI=1S/C21H24N2O7S/c1-14-3-6-17(19(24)11-14)21(26)30-13-20(25)22-18-12-16(5-4-15(18)2)31(27,28)23-7-9-29-10-8-23/h3-6,11-12,24H,7-10,13H2,1-2H3,(H,22,25).